The first-order valence-electron chi connectivity index (χ1n) is 5.38. The highest BCUT2D eigenvalue weighted by Crippen LogP contribution is 2.07. The van der Waals surface area contributed by atoms with Gasteiger partial charge in [0, 0.05) is 18.0 Å². The molecule has 0 aliphatic rings. The molecule has 1 heterocycles. The van der Waals surface area contributed by atoms with Gasteiger partial charge in [0.1, 0.15) is 0 Å². The van der Waals surface area contributed by atoms with Crippen molar-refractivity contribution >= 4 is 53.0 Å². The molecule has 0 radical (unpaired) electrons. The van der Waals surface area contributed by atoms with Crippen molar-refractivity contribution in [2.45, 2.75) is 12.8 Å². The predicted octanol–water partition coefficient (Wildman–Crippen LogP) is 2.57. The summed E-state index contributed by atoms with van der Waals surface area (Å²) in [6.45, 7) is 1.68. The molecule has 6 heteroatoms. The fourth-order valence-corrected chi connectivity index (χ4v) is 2.36. The van der Waals surface area contributed by atoms with Gasteiger partial charge in [0.15, 0.2) is 5.96 Å². The van der Waals surface area contributed by atoms with Gasteiger partial charge in [0.2, 0.25) is 0 Å². The van der Waals surface area contributed by atoms with Gasteiger partial charge >= 0.3 is 0 Å². The van der Waals surface area contributed by atoms with Crippen LogP contribution in [-0.2, 0) is 6.42 Å². The molecule has 1 aromatic rings. The van der Waals surface area contributed by atoms with E-state index in [1.54, 1.807) is 11.3 Å². The summed E-state index contributed by atoms with van der Waals surface area (Å²) in [5, 5.41) is 5.22. The molecule has 1 aromatic heterocycles. The second kappa shape index (κ2) is 11.2. The second-order valence-corrected chi connectivity index (χ2v) is 5.39. The van der Waals surface area contributed by atoms with Crippen molar-refractivity contribution in [2.75, 3.05) is 25.1 Å². The number of rotatable bonds is 7. The Morgan fingerprint density at radius 1 is 1.59 bits per heavy atom. The highest BCUT2D eigenvalue weighted by Gasteiger charge is 1.94. The van der Waals surface area contributed by atoms with Crippen LogP contribution in [0.5, 0.6) is 0 Å². The molecular formula is C11H20IN3S2. The number of nitrogens with two attached hydrogens (primary N) is 1. The summed E-state index contributed by atoms with van der Waals surface area (Å²) in [4.78, 5) is 5.63. The zero-order chi connectivity index (χ0) is 11.6. The number of aliphatic imine (C=N–C) groups is 1. The molecule has 0 atom stereocenters. The Bertz CT molecular complexity index is 302. The summed E-state index contributed by atoms with van der Waals surface area (Å²) in [7, 11) is 0. The Kier molecular flexibility index (Phi) is 11.2. The van der Waals surface area contributed by atoms with Crippen LogP contribution in [0.25, 0.3) is 0 Å². The van der Waals surface area contributed by atoms with Gasteiger partial charge in [-0.2, -0.15) is 11.8 Å². The topological polar surface area (TPSA) is 50.4 Å². The Morgan fingerprint density at radius 3 is 3.06 bits per heavy atom. The molecule has 0 aliphatic heterocycles. The highest BCUT2D eigenvalue weighted by atomic mass is 127. The van der Waals surface area contributed by atoms with Gasteiger partial charge in [-0.25, -0.2) is 0 Å². The third kappa shape index (κ3) is 8.73. The lowest BCUT2D eigenvalue weighted by Gasteiger charge is -2.04. The molecule has 17 heavy (non-hydrogen) atoms. The maximum Gasteiger partial charge on any atom is 0.188 e. The molecule has 3 nitrogen and oxygen atoms in total. The maximum atomic E-state index is 5.73. The normalized spacial score (nSPS) is 11.0. The number of thiophene rings is 1. The van der Waals surface area contributed by atoms with Crippen molar-refractivity contribution < 1.29 is 0 Å². The summed E-state index contributed by atoms with van der Waals surface area (Å²) in [6, 6.07) is 4.21. The average Bonchev–Trinajstić information content (AvgIpc) is 2.77. The molecule has 0 spiro atoms. The number of nitrogens with zero attached hydrogens (tertiary/aromatic N) is 1. The molecule has 0 amide bonds. The molecule has 0 bridgehead atoms. The van der Waals surface area contributed by atoms with Crippen molar-refractivity contribution in [3.8, 4) is 0 Å². The maximum absolute atomic E-state index is 5.73. The highest BCUT2D eigenvalue weighted by molar-refractivity contribution is 14.0. The zero-order valence-corrected chi connectivity index (χ0v) is 14.0. The van der Waals surface area contributed by atoms with Crippen LogP contribution in [-0.4, -0.2) is 31.1 Å². The van der Waals surface area contributed by atoms with Gasteiger partial charge in [-0.15, -0.1) is 35.3 Å². The van der Waals surface area contributed by atoms with Gasteiger partial charge in [-0.3, -0.25) is 4.99 Å². The fraction of sp³-hybridized carbons (Fsp3) is 0.545. The van der Waals surface area contributed by atoms with Crippen LogP contribution in [0.3, 0.4) is 0 Å². The molecule has 0 aliphatic carbocycles. The van der Waals surface area contributed by atoms with E-state index in [-0.39, 0.29) is 24.0 Å². The van der Waals surface area contributed by atoms with Crippen molar-refractivity contribution in [2.24, 2.45) is 10.7 Å². The minimum atomic E-state index is 0. The van der Waals surface area contributed by atoms with Crippen molar-refractivity contribution in [1.29, 1.82) is 0 Å². The van der Waals surface area contributed by atoms with E-state index in [4.69, 9.17) is 5.73 Å². The first-order chi connectivity index (χ1) is 7.83. The molecule has 0 saturated carbocycles. The molecular weight excluding hydrogens is 365 g/mol. The lowest BCUT2D eigenvalue weighted by atomic mass is 10.3. The molecule has 0 fully saturated rings. The van der Waals surface area contributed by atoms with E-state index in [2.05, 4.69) is 34.1 Å². The number of thioether (sulfide) groups is 1. The largest absolute Gasteiger partial charge is 0.370 e. The summed E-state index contributed by atoms with van der Waals surface area (Å²) >= 11 is 3.62. The van der Waals surface area contributed by atoms with Crippen molar-refractivity contribution in [3.63, 3.8) is 0 Å². The summed E-state index contributed by atoms with van der Waals surface area (Å²) in [5.74, 6) is 1.71. The van der Waals surface area contributed by atoms with E-state index in [9.17, 15) is 0 Å². The predicted molar refractivity (Wildman–Crippen MR) is 90.9 cm³/mol. The number of guanidine groups is 1. The van der Waals surface area contributed by atoms with Crippen molar-refractivity contribution in [1.82, 2.24) is 5.32 Å². The minimum absolute atomic E-state index is 0. The number of hydrogen-bond donors (Lipinski definition) is 2. The van der Waals surface area contributed by atoms with Gasteiger partial charge in [-0.1, -0.05) is 6.07 Å². The molecule has 98 valence electrons. The Labute approximate surface area is 129 Å². The van der Waals surface area contributed by atoms with Crippen LogP contribution >= 0.6 is 47.1 Å². The minimum Gasteiger partial charge on any atom is -0.370 e. The third-order valence-electron chi connectivity index (χ3n) is 2.05. The zero-order valence-electron chi connectivity index (χ0n) is 10.0. The molecule has 3 N–H and O–H groups in total. The Balaban J connectivity index is 0.00000256. The number of nitrogens with one attached hydrogen (secondary N) is 1. The smallest absolute Gasteiger partial charge is 0.188 e. The van der Waals surface area contributed by atoms with Gasteiger partial charge in [0.25, 0.3) is 0 Å². The Hall–Kier alpha value is 0.0500. The van der Waals surface area contributed by atoms with Gasteiger partial charge in [-0.05, 0) is 36.3 Å². The number of hydrogen-bond acceptors (Lipinski definition) is 3. The summed E-state index contributed by atoms with van der Waals surface area (Å²) in [6.07, 6.45) is 4.21. The van der Waals surface area contributed by atoms with E-state index in [1.165, 1.54) is 4.88 Å². The molecule has 0 aromatic carbocycles. The van der Waals surface area contributed by atoms with Crippen LogP contribution in [0.1, 0.15) is 11.3 Å². The van der Waals surface area contributed by atoms with E-state index >= 15 is 0 Å². The first-order valence-corrected chi connectivity index (χ1v) is 7.65. The second-order valence-electron chi connectivity index (χ2n) is 3.37. The van der Waals surface area contributed by atoms with E-state index < -0.39 is 0 Å². The lowest BCUT2D eigenvalue weighted by molar-refractivity contribution is 0.848. The van der Waals surface area contributed by atoms with E-state index in [1.807, 2.05) is 11.8 Å². The quantitative estimate of drug-likeness (QED) is 0.328. The van der Waals surface area contributed by atoms with Crippen LogP contribution in [0, 0.1) is 0 Å². The van der Waals surface area contributed by atoms with Crippen LogP contribution in [0.15, 0.2) is 22.5 Å². The van der Waals surface area contributed by atoms with E-state index in [0.29, 0.717) is 5.96 Å². The standard InChI is InChI=1S/C11H19N3S2.HI/c1-15-8-3-6-13-11(12)14-7-5-10-4-2-9-16-10;/h2,4,9H,3,5-8H2,1H3,(H3,12,13,14);1H. The summed E-state index contributed by atoms with van der Waals surface area (Å²) < 4.78 is 0. The van der Waals surface area contributed by atoms with Crippen LogP contribution in [0.4, 0.5) is 0 Å². The van der Waals surface area contributed by atoms with E-state index in [0.717, 1.165) is 31.7 Å². The third-order valence-corrected chi connectivity index (χ3v) is 3.68. The average molecular weight is 385 g/mol. The molecule has 0 unspecified atom stereocenters. The first kappa shape index (κ1) is 17.1. The fourth-order valence-electron chi connectivity index (χ4n) is 1.23. The van der Waals surface area contributed by atoms with Crippen molar-refractivity contribution in [3.05, 3.63) is 22.4 Å². The Morgan fingerprint density at radius 2 is 2.41 bits per heavy atom. The SMILES string of the molecule is CSCCCN=C(N)NCCc1cccs1.I. The molecule has 0 saturated heterocycles. The van der Waals surface area contributed by atoms with Crippen LogP contribution < -0.4 is 11.1 Å². The van der Waals surface area contributed by atoms with Crippen LogP contribution in [0.2, 0.25) is 0 Å². The monoisotopic (exact) mass is 385 g/mol. The summed E-state index contributed by atoms with van der Waals surface area (Å²) in [5.41, 5.74) is 5.73. The van der Waals surface area contributed by atoms with Gasteiger partial charge in [0.05, 0.1) is 0 Å². The number of halogens is 1. The van der Waals surface area contributed by atoms with Gasteiger partial charge < -0.3 is 11.1 Å². The molecule has 1 rings (SSSR count). The lowest BCUT2D eigenvalue weighted by Crippen LogP contribution is -2.33.